The van der Waals surface area contributed by atoms with Crippen molar-refractivity contribution in [2.24, 2.45) is 5.92 Å². The SMILES string of the molecule is C=C(/C=C\c1cn[nH]c1C)C1C[C@@]12C(=O)Nc1ccccc12. The molecule has 1 unspecified atom stereocenters. The molecule has 1 aromatic carbocycles. The number of para-hydroxylation sites is 1. The molecule has 2 N–H and O–H groups in total. The lowest BCUT2D eigenvalue weighted by Crippen LogP contribution is -2.21. The molecule has 2 heterocycles. The number of nitrogens with zero attached hydrogens (tertiary/aromatic N) is 1. The predicted octanol–water partition coefficient (Wildman–Crippen LogP) is 3.20. The number of hydrogen-bond acceptors (Lipinski definition) is 2. The van der Waals surface area contributed by atoms with Gasteiger partial charge in [0.25, 0.3) is 0 Å². The van der Waals surface area contributed by atoms with Crippen molar-refractivity contribution in [2.45, 2.75) is 18.8 Å². The third-order valence-electron chi connectivity index (χ3n) is 4.82. The summed E-state index contributed by atoms with van der Waals surface area (Å²) in [6, 6.07) is 7.95. The number of rotatable bonds is 3. The average molecular weight is 291 g/mol. The van der Waals surface area contributed by atoms with Gasteiger partial charge in [0.15, 0.2) is 0 Å². The Kier molecular flexibility index (Phi) is 2.64. The Labute approximate surface area is 128 Å². The van der Waals surface area contributed by atoms with Crippen LogP contribution in [0.1, 0.15) is 23.2 Å². The van der Waals surface area contributed by atoms with E-state index in [4.69, 9.17) is 0 Å². The third kappa shape index (κ3) is 1.70. The molecule has 110 valence electrons. The van der Waals surface area contributed by atoms with Crippen LogP contribution in [0.5, 0.6) is 0 Å². The first-order chi connectivity index (χ1) is 10.6. The van der Waals surface area contributed by atoms with E-state index >= 15 is 0 Å². The summed E-state index contributed by atoms with van der Waals surface area (Å²) >= 11 is 0. The Morgan fingerprint density at radius 2 is 2.27 bits per heavy atom. The largest absolute Gasteiger partial charge is 0.325 e. The van der Waals surface area contributed by atoms with E-state index in [1.165, 1.54) is 0 Å². The Morgan fingerprint density at radius 3 is 3.05 bits per heavy atom. The van der Waals surface area contributed by atoms with Gasteiger partial charge in [0.2, 0.25) is 5.91 Å². The maximum atomic E-state index is 12.4. The highest BCUT2D eigenvalue weighted by Gasteiger charge is 2.64. The Bertz CT molecular complexity index is 817. The standard InChI is InChI=1S/C18H17N3O/c1-11(7-8-13-10-19-21-12(13)2)15-9-18(15)14-5-3-4-6-16(14)20-17(18)22/h3-8,10,15H,1,9H2,2H3,(H,19,21)(H,20,22)/b8-7-/t15?,18-/m0/s1. The van der Waals surface area contributed by atoms with Gasteiger partial charge < -0.3 is 5.32 Å². The molecule has 4 nitrogen and oxygen atoms in total. The van der Waals surface area contributed by atoms with Crippen LogP contribution >= 0.6 is 0 Å². The van der Waals surface area contributed by atoms with Crippen LogP contribution in [0, 0.1) is 12.8 Å². The molecule has 1 aliphatic heterocycles. The normalized spacial score (nSPS) is 25.5. The fourth-order valence-corrected chi connectivity index (χ4v) is 3.44. The van der Waals surface area contributed by atoms with E-state index in [9.17, 15) is 4.79 Å². The van der Waals surface area contributed by atoms with Gasteiger partial charge in [-0.1, -0.05) is 42.5 Å². The molecule has 1 spiro atoms. The highest BCUT2D eigenvalue weighted by Crippen LogP contribution is 2.62. The van der Waals surface area contributed by atoms with Crippen molar-refractivity contribution in [3.63, 3.8) is 0 Å². The number of aryl methyl sites for hydroxylation is 1. The number of carbonyl (C=O) groups is 1. The molecule has 2 aromatic rings. The van der Waals surface area contributed by atoms with Gasteiger partial charge in [-0.3, -0.25) is 9.89 Å². The van der Waals surface area contributed by atoms with Crippen molar-refractivity contribution < 1.29 is 4.79 Å². The number of hydrogen-bond donors (Lipinski definition) is 2. The fraction of sp³-hybridized carbons (Fsp3) is 0.222. The van der Waals surface area contributed by atoms with Gasteiger partial charge in [-0.05, 0) is 25.0 Å². The van der Waals surface area contributed by atoms with Crippen molar-refractivity contribution in [1.82, 2.24) is 10.2 Å². The first-order valence-electron chi connectivity index (χ1n) is 7.41. The van der Waals surface area contributed by atoms with Gasteiger partial charge in [0.1, 0.15) is 0 Å². The number of aromatic nitrogens is 2. The number of nitrogens with one attached hydrogen (secondary N) is 2. The summed E-state index contributed by atoms with van der Waals surface area (Å²) in [6.45, 7) is 6.16. The second-order valence-electron chi connectivity index (χ2n) is 6.09. The van der Waals surface area contributed by atoms with E-state index in [1.807, 2.05) is 43.3 Å². The summed E-state index contributed by atoms with van der Waals surface area (Å²) in [5, 5.41) is 9.91. The number of fused-ring (bicyclic) bond motifs is 2. The van der Waals surface area contributed by atoms with Gasteiger partial charge in [0, 0.05) is 22.9 Å². The second-order valence-corrected chi connectivity index (χ2v) is 6.09. The lowest BCUT2D eigenvalue weighted by atomic mass is 9.92. The van der Waals surface area contributed by atoms with Crippen LogP contribution in [0.2, 0.25) is 0 Å². The lowest BCUT2D eigenvalue weighted by molar-refractivity contribution is -0.118. The molecule has 4 rings (SSSR count). The molecule has 2 aliphatic rings. The van der Waals surface area contributed by atoms with E-state index in [1.54, 1.807) is 6.20 Å². The van der Waals surface area contributed by atoms with E-state index in [0.29, 0.717) is 0 Å². The molecule has 22 heavy (non-hydrogen) atoms. The summed E-state index contributed by atoms with van der Waals surface area (Å²) in [5.41, 5.74) is 4.72. The molecule has 0 saturated heterocycles. The minimum atomic E-state index is -0.399. The van der Waals surface area contributed by atoms with Gasteiger partial charge in [-0.15, -0.1) is 0 Å². The second kappa shape index (κ2) is 4.44. The molecule has 0 radical (unpaired) electrons. The topological polar surface area (TPSA) is 57.8 Å². The van der Waals surface area contributed by atoms with Crippen molar-refractivity contribution >= 4 is 17.7 Å². The monoisotopic (exact) mass is 291 g/mol. The zero-order chi connectivity index (χ0) is 15.3. The van der Waals surface area contributed by atoms with Crippen LogP contribution in [-0.4, -0.2) is 16.1 Å². The van der Waals surface area contributed by atoms with Crippen LogP contribution in [-0.2, 0) is 10.2 Å². The number of H-pyrrole nitrogens is 1. The molecule has 1 amide bonds. The summed E-state index contributed by atoms with van der Waals surface area (Å²) in [6.07, 6.45) is 6.64. The summed E-state index contributed by atoms with van der Waals surface area (Å²) < 4.78 is 0. The molecule has 4 heteroatoms. The fourth-order valence-electron chi connectivity index (χ4n) is 3.44. The third-order valence-corrected chi connectivity index (χ3v) is 4.82. The Hall–Kier alpha value is -2.62. The molecule has 1 saturated carbocycles. The van der Waals surface area contributed by atoms with E-state index < -0.39 is 5.41 Å². The van der Waals surface area contributed by atoms with Gasteiger partial charge in [-0.2, -0.15) is 5.10 Å². The van der Waals surface area contributed by atoms with Crippen LogP contribution in [0.25, 0.3) is 6.08 Å². The van der Waals surface area contributed by atoms with E-state index in [0.717, 1.165) is 34.5 Å². The molecule has 2 atom stereocenters. The number of amides is 1. The minimum Gasteiger partial charge on any atom is -0.325 e. The lowest BCUT2D eigenvalue weighted by Gasteiger charge is -2.08. The number of anilines is 1. The zero-order valence-corrected chi connectivity index (χ0v) is 12.4. The maximum absolute atomic E-state index is 12.4. The maximum Gasteiger partial charge on any atom is 0.235 e. The summed E-state index contributed by atoms with van der Waals surface area (Å²) in [7, 11) is 0. The smallest absolute Gasteiger partial charge is 0.235 e. The van der Waals surface area contributed by atoms with Gasteiger partial charge in [-0.25, -0.2) is 0 Å². The van der Waals surface area contributed by atoms with Gasteiger partial charge >= 0.3 is 0 Å². The quantitative estimate of drug-likeness (QED) is 0.853. The van der Waals surface area contributed by atoms with E-state index in [-0.39, 0.29) is 11.8 Å². The van der Waals surface area contributed by atoms with E-state index in [2.05, 4.69) is 22.1 Å². The predicted molar refractivity (Wildman–Crippen MR) is 86.4 cm³/mol. The van der Waals surface area contributed by atoms with Crippen LogP contribution in [0.4, 0.5) is 5.69 Å². The molecular weight excluding hydrogens is 274 g/mol. The highest BCUT2D eigenvalue weighted by atomic mass is 16.2. The van der Waals surface area contributed by atoms with Gasteiger partial charge in [0.05, 0.1) is 11.6 Å². The van der Waals surface area contributed by atoms with Crippen molar-refractivity contribution in [3.8, 4) is 0 Å². The first kappa shape index (κ1) is 13.1. The number of allylic oxidation sites excluding steroid dienone is 2. The van der Waals surface area contributed by atoms with Crippen molar-refractivity contribution in [1.29, 1.82) is 0 Å². The average Bonchev–Trinajstić information content (AvgIpc) is 3.05. The van der Waals surface area contributed by atoms with Crippen LogP contribution in [0.3, 0.4) is 0 Å². The molecule has 1 aliphatic carbocycles. The highest BCUT2D eigenvalue weighted by molar-refractivity contribution is 6.09. The van der Waals surface area contributed by atoms with Crippen molar-refractivity contribution in [3.05, 3.63) is 65.5 Å². The zero-order valence-electron chi connectivity index (χ0n) is 12.4. The summed E-state index contributed by atoms with van der Waals surface area (Å²) in [5.74, 6) is 0.285. The van der Waals surface area contributed by atoms with Crippen LogP contribution < -0.4 is 5.32 Å². The number of aromatic amines is 1. The molecule has 1 aromatic heterocycles. The van der Waals surface area contributed by atoms with Crippen LogP contribution in [0.15, 0.2) is 48.7 Å². The number of carbonyl (C=O) groups excluding carboxylic acids is 1. The number of benzene rings is 1. The Morgan fingerprint density at radius 1 is 1.45 bits per heavy atom. The first-order valence-corrected chi connectivity index (χ1v) is 7.41. The minimum absolute atomic E-state index is 0.104. The Balaban J connectivity index is 1.59. The molecule has 0 bridgehead atoms. The molecule has 1 fully saturated rings. The summed E-state index contributed by atoms with van der Waals surface area (Å²) in [4.78, 5) is 12.4. The van der Waals surface area contributed by atoms with Crippen molar-refractivity contribution in [2.75, 3.05) is 5.32 Å². The molecular formula is C18H17N3O.